The van der Waals surface area contributed by atoms with E-state index in [0.29, 0.717) is 0 Å². The van der Waals surface area contributed by atoms with Gasteiger partial charge in [0.1, 0.15) is 6.61 Å². The van der Waals surface area contributed by atoms with E-state index >= 15 is 0 Å². The number of hydrogen-bond acceptors (Lipinski definition) is 3. The predicted molar refractivity (Wildman–Crippen MR) is 45.9 cm³/mol. The Morgan fingerprint density at radius 3 is 3.20 bits per heavy atom. The van der Waals surface area contributed by atoms with Gasteiger partial charge < -0.3 is 4.74 Å². The first-order valence-electron chi connectivity index (χ1n) is 3.67. The van der Waals surface area contributed by atoms with Crippen LogP contribution >= 0.6 is 11.8 Å². The molecular weight excluding hydrogens is 146 g/mol. The maximum Gasteiger partial charge on any atom is 0.193 e. The van der Waals surface area contributed by atoms with Crippen LogP contribution in [0.15, 0.2) is 4.99 Å². The molecule has 0 radical (unpaired) electrons. The average molecular weight is 159 g/mol. The van der Waals surface area contributed by atoms with Crippen LogP contribution in [0.2, 0.25) is 0 Å². The Bertz CT molecular complexity index is 125. The van der Waals surface area contributed by atoms with E-state index in [0.717, 1.165) is 24.8 Å². The van der Waals surface area contributed by atoms with E-state index in [1.165, 1.54) is 12.2 Å². The molecule has 1 aliphatic rings. The number of rotatable bonds is 4. The highest BCUT2D eigenvalue weighted by atomic mass is 32.2. The maximum absolute atomic E-state index is 5.23. The topological polar surface area (TPSA) is 21.6 Å². The molecule has 0 saturated carbocycles. The molecule has 0 fully saturated rings. The van der Waals surface area contributed by atoms with Crippen molar-refractivity contribution in [2.24, 2.45) is 4.99 Å². The molecule has 0 N–H and O–H groups in total. The van der Waals surface area contributed by atoms with Crippen LogP contribution in [0.5, 0.6) is 0 Å². The lowest BCUT2D eigenvalue weighted by molar-refractivity contribution is 0.346. The third-order valence-electron chi connectivity index (χ3n) is 1.22. The summed E-state index contributed by atoms with van der Waals surface area (Å²) in [5.41, 5.74) is 0. The summed E-state index contributed by atoms with van der Waals surface area (Å²) in [6.45, 7) is 3.84. The average Bonchev–Trinajstić information content (AvgIpc) is 2.41. The van der Waals surface area contributed by atoms with Crippen molar-refractivity contribution in [3.63, 3.8) is 0 Å². The van der Waals surface area contributed by atoms with Gasteiger partial charge in [-0.1, -0.05) is 6.92 Å². The molecule has 0 atom stereocenters. The van der Waals surface area contributed by atoms with E-state index in [2.05, 4.69) is 11.9 Å². The summed E-state index contributed by atoms with van der Waals surface area (Å²) in [7, 11) is 0. The summed E-state index contributed by atoms with van der Waals surface area (Å²) in [4.78, 5) is 4.18. The van der Waals surface area contributed by atoms with E-state index in [9.17, 15) is 0 Å². The van der Waals surface area contributed by atoms with Gasteiger partial charge in [0.15, 0.2) is 5.90 Å². The van der Waals surface area contributed by atoms with Gasteiger partial charge in [0.05, 0.1) is 12.3 Å². The highest BCUT2D eigenvalue weighted by molar-refractivity contribution is 7.99. The number of hydrogen-bond donors (Lipinski definition) is 0. The van der Waals surface area contributed by atoms with Gasteiger partial charge in [-0.2, -0.15) is 11.8 Å². The van der Waals surface area contributed by atoms with Gasteiger partial charge in [-0.25, -0.2) is 0 Å². The van der Waals surface area contributed by atoms with Gasteiger partial charge >= 0.3 is 0 Å². The Morgan fingerprint density at radius 1 is 1.70 bits per heavy atom. The quantitative estimate of drug-likeness (QED) is 0.581. The third kappa shape index (κ3) is 2.60. The van der Waals surface area contributed by atoms with Crippen molar-refractivity contribution in [1.82, 2.24) is 0 Å². The summed E-state index contributed by atoms with van der Waals surface area (Å²) in [5, 5.41) is 0. The Labute approximate surface area is 66.1 Å². The first-order valence-corrected chi connectivity index (χ1v) is 4.83. The van der Waals surface area contributed by atoms with Gasteiger partial charge in [0.2, 0.25) is 0 Å². The van der Waals surface area contributed by atoms with Crippen molar-refractivity contribution in [2.45, 2.75) is 13.3 Å². The molecule has 0 spiro atoms. The Hall–Kier alpha value is -0.180. The monoisotopic (exact) mass is 159 g/mol. The van der Waals surface area contributed by atoms with Crippen molar-refractivity contribution in [3.05, 3.63) is 0 Å². The Morgan fingerprint density at radius 2 is 2.60 bits per heavy atom. The van der Waals surface area contributed by atoms with E-state index in [1.807, 2.05) is 11.8 Å². The molecule has 0 saturated heterocycles. The molecule has 0 aromatic rings. The lowest BCUT2D eigenvalue weighted by Gasteiger charge is -1.98. The summed E-state index contributed by atoms with van der Waals surface area (Å²) in [5.74, 6) is 3.12. The predicted octanol–water partition coefficient (Wildman–Crippen LogP) is 1.56. The summed E-state index contributed by atoms with van der Waals surface area (Å²) in [6.07, 6.45) is 1.23. The number of thioether (sulfide) groups is 1. The number of ether oxygens (including phenoxy) is 1. The van der Waals surface area contributed by atoms with Crippen LogP contribution in [0.25, 0.3) is 0 Å². The summed E-state index contributed by atoms with van der Waals surface area (Å²) in [6, 6.07) is 0. The molecular formula is C7H13NOS. The fourth-order valence-electron chi connectivity index (χ4n) is 0.771. The van der Waals surface area contributed by atoms with Gasteiger partial charge in [0, 0.05) is 0 Å². The lowest BCUT2D eigenvalue weighted by Crippen LogP contribution is -2.02. The molecule has 0 bridgehead atoms. The highest BCUT2D eigenvalue weighted by Gasteiger charge is 2.05. The van der Waals surface area contributed by atoms with Gasteiger partial charge in [-0.15, -0.1) is 0 Å². The molecule has 0 aliphatic carbocycles. The molecule has 1 aliphatic heterocycles. The fraction of sp³-hybridized carbons (Fsp3) is 0.857. The lowest BCUT2D eigenvalue weighted by atomic mass is 10.6. The van der Waals surface area contributed by atoms with Crippen LogP contribution in [0.1, 0.15) is 13.3 Å². The summed E-state index contributed by atoms with van der Waals surface area (Å²) < 4.78 is 5.23. The van der Waals surface area contributed by atoms with Crippen LogP contribution in [0, 0.1) is 0 Å². The smallest absolute Gasteiger partial charge is 0.193 e. The zero-order valence-electron chi connectivity index (χ0n) is 6.30. The minimum atomic E-state index is 0.794. The van der Waals surface area contributed by atoms with Gasteiger partial charge in [0.25, 0.3) is 0 Å². The molecule has 0 amide bonds. The van der Waals surface area contributed by atoms with Crippen molar-refractivity contribution in [3.8, 4) is 0 Å². The van der Waals surface area contributed by atoms with Crippen LogP contribution in [0.4, 0.5) is 0 Å². The highest BCUT2D eigenvalue weighted by Crippen LogP contribution is 2.05. The zero-order valence-corrected chi connectivity index (χ0v) is 7.12. The molecule has 0 aromatic carbocycles. The van der Waals surface area contributed by atoms with Crippen LogP contribution in [-0.4, -0.2) is 30.6 Å². The van der Waals surface area contributed by atoms with Gasteiger partial charge in [-0.05, 0) is 12.2 Å². The van der Waals surface area contributed by atoms with Crippen LogP contribution in [0.3, 0.4) is 0 Å². The molecule has 10 heavy (non-hydrogen) atoms. The second-order valence-corrected chi connectivity index (χ2v) is 3.28. The van der Waals surface area contributed by atoms with E-state index in [1.54, 1.807) is 0 Å². The van der Waals surface area contributed by atoms with Crippen LogP contribution < -0.4 is 0 Å². The number of aliphatic imine (C=N–C) groups is 1. The normalized spacial score (nSPS) is 16.7. The van der Waals surface area contributed by atoms with Crippen molar-refractivity contribution in [2.75, 3.05) is 24.7 Å². The number of nitrogens with zero attached hydrogens (tertiary/aromatic N) is 1. The van der Waals surface area contributed by atoms with Crippen molar-refractivity contribution >= 4 is 17.7 Å². The molecule has 1 heterocycles. The molecule has 0 aromatic heterocycles. The minimum absolute atomic E-state index is 0.794. The van der Waals surface area contributed by atoms with Crippen LogP contribution in [-0.2, 0) is 4.74 Å². The Balaban J connectivity index is 2.01. The maximum atomic E-state index is 5.23. The first-order chi connectivity index (χ1) is 4.93. The Kier molecular flexibility index (Phi) is 3.65. The molecule has 1 rings (SSSR count). The van der Waals surface area contributed by atoms with Crippen molar-refractivity contribution in [1.29, 1.82) is 0 Å². The van der Waals surface area contributed by atoms with Gasteiger partial charge in [-0.3, -0.25) is 4.99 Å². The molecule has 0 unspecified atom stereocenters. The molecule has 2 nitrogen and oxygen atoms in total. The largest absolute Gasteiger partial charge is 0.478 e. The third-order valence-corrected chi connectivity index (χ3v) is 2.37. The van der Waals surface area contributed by atoms with E-state index < -0.39 is 0 Å². The minimum Gasteiger partial charge on any atom is -0.478 e. The molecule has 3 heteroatoms. The second kappa shape index (κ2) is 4.61. The fourth-order valence-corrected chi connectivity index (χ4v) is 1.55. The first kappa shape index (κ1) is 7.92. The zero-order chi connectivity index (χ0) is 7.23. The van der Waals surface area contributed by atoms with E-state index in [4.69, 9.17) is 4.74 Å². The molecule has 58 valence electrons. The SMILES string of the molecule is CCCSCC1=NCCO1. The van der Waals surface area contributed by atoms with Crippen molar-refractivity contribution < 1.29 is 4.74 Å². The second-order valence-electron chi connectivity index (χ2n) is 2.18. The standard InChI is InChI=1S/C7H13NOS/c1-2-5-10-6-7-8-3-4-9-7/h2-6H2,1H3. The summed E-state index contributed by atoms with van der Waals surface area (Å²) >= 11 is 1.89. The van der Waals surface area contributed by atoms with E-state index in [-0.39, 0.29) is 0 Å².